The van der Waals surface area contributed by atoms with Crippen molar-refractivity contribution in [3.8, 4) is 22.3 Å². The van der Waals surface area contributed by atoms with Gasteiger partial charge in [0.25, 0.3) is 0 Å². The summed E-state index contributed by atoms with van der Waals surface area (Å²) in [5.74, 6) is 0.895. The molecule has 1 aliphatic rings. The van der Waals surface area contributed by atoms with Crippen LogP contribution in [0.25, 0.3) is 33.2 Å². The molecule has 1 aliphatic heterocycles. The van der Waals surface area contributed by atoms with Gasteiger partial charge in [0.1, 0.15) is 5.58 Å². The van der Waals surface area contributed by atoms with Gasteiger partial charge in [-0.15, -0.1) is 0 Å². The summed E-state index contributed by atoms with van der Waals surface area (Å²) >= 11 is 5.84. The van der Waals surface area contributed by atoms with E-state index in [2.05, 4.69) is 65.6 Å². The summed E-state index contributed by atoms with van der Waals surface area (Å²) in [4.78, 5) is 2.33. The van der Waals surface area contributed by atoms with Gasteiger partial charge >= 0.3 is 0 Å². The molecule has 0 spiro atoms. The molecule has 4 aromatic rings. The van der Waals surface area contributed by atoms with Crippen molar-refractivity contribution in [2.24, 2.45) is 0 Å². The number of hydrogen-bond acceptors (Lipinski definition) is 3. The Bertz CT molecular complexity index is 1190. The Morgan fingerprint density at radius 2 is 1.34 bits per heavy atom. The zero-order valence-electron chi connectivity index (χ0n) is 16.3. The summed E-state index contributed by atoms with van der Waals surface area (Å²) in [7, 11) is 0. The molecule has 0 amide bonds. The molecule has 0 aliphatic carbocycles. The number of anilines is 1. The third kappa shape index (κ3) is 3.58. The van der Waals surface area contributed by atoms with Gasteiger partial charge in [-0.25, -0.2) is 0 Å². The maximum atomic E-state index is 6.52. The van der Waals surface area contributed by atoms with Gasteiger partial charge in [0.05, 0.1) is 4.51 Å². The van der Waals surface area contributed by atoms with Crippen LogP contribution in [0.4, 0.5) is 5.88 Å². The second-order valence-corrected chi connectivity index (χ2v) is 8.07. The third-order valence-electron chi connectivity index (χ3n) is 5.68. The number of rotatable bonds is 3. The van der Waals surface area contributed by atoms with Crippen molar-refractivity contribution in [2.45, 2.75) is 19.3 Å². The summed E-state index contributed by atoms with van der Waals surface area (Å²) in [5, 5.41) is 1.00. The van der Waals surface area contributed by atoms with Crippen molar-refractivity contribution in [2.75, 3.05) is 18.0 Å². The molecule has 0 saturated carbocycles. The Labute approximate surface area is 176 Å². The monoisotopic (exact) mass is 397 g/mol. The number of benzene rings is 3. The second kappa shape index (κ2) is 7.84. The average Bonchev–Trinajstić information content (AvgIpc) is 2.80. The molecule has 29 heavy (non-hydrogen) atoms. The first kappa shape index (κ1) is 18.1. The molecule has 3 aromatic carbocycles. The largest absolute Gasteiger partial charge is 0.440 e. The lowest BCUT2D eigenvalue weighted by Gasteiger charge is -2.27. The van der Waals surface area contributed by atoms with Crippen LogP contribution in [0, 0.1) is 4.51 Å². The highest BCUT2D eigenvalue weighted by Crippen LogP contribution is 2.37. The van der Waals surface area contributed by atoms with Gasteiger partial charge in [0.15, 0.2) is 5.88 Å². The summed E-state index contributed by atoms with van der Waals surface area (Å²) in [6.45, 7) is 2.07. The molecular weight excluding hydrogens is 374 g/mol. The standard InChI is InChI=1S/C26H23NOS/c29-24-18-25(27-14-8-3-9-15-27)28-26-22(20-12-6-2-7-13-20)16-21(17-23(24)26)19-10-4-1-5-11-19/h1-2,4-7,10-13,16-18H,3,8-9,14-15H2. The molecule has 0 unspecified atom stereocenters. The van der Waals surface area contributed by atoms with Crippen LogP contribution < -0.4 is 4.90 Å². The molecule has 1 fully saturated rings. The van der Waals surface area contributed by atoms with Gasteiger partial charge in [-0.3, -0.25) is 0 Å². The van der Waals surface area contributed by atoms with E-state index in [1.54, 1.807) is 0 Å². The minimum absolute atomic E-state index is 0.849. The number of piperidine rings is 1. The summed E-state index contributed by atoms with van der Waals surface area (Å²) in [6, 6.07) is 27.3. The summed E-state index contributed by atoms with van der Waals surface area (Å²) < 4.78 is 7.37. The Hall–Kier alpha value is -2.91. The van der Waals surface area contributed by atoms with Crippen molar-refractivity contribution in [3.63, 3.8) is 0 Å². The Morgan fingerprint density at radius 1 is 0.690 bits per heavy atom. The SMILES string of the molecule is S=c1cc(N2CCCCC2)oc2c(-c3ccccc3)cc(-c3ccccc3)cc12. The summed E-state index contributed by atoms with van der Waals surface area (Å²) in [6.07, 6.45) is 3.71. The van der Waals surface area contributed by atoms with Crippen LogP contribution in [0.3, 0.4) is 0 Å². The fourth-order valence-electron chi connectivity index (χ4n) is 4.15. The molecule has 2 heterocycles. The fraction of sp³-hybridized carbons (Fsp3) is 0.192. The normalized spacial score (nSPS) is 14.3. The molecular formula is C26H23NOS. The molecule has 0 radical (unpaired) electrons. The first-order valence-electron chi connectivity index (χ1n) is 10.3. The quantitative estimate of drug-likeness (QED) is 0.333. The number of nitrogens with zero attached hydrogens (tertiary/aromatic N) is 1. The van der Waals surface area contributed by atoms with Crippen LogP contribution in [0.5, 0.6) is 0 Å². The van der Waals surface area contributed by atoms with E-state index in [0.29, 0.717) is 0 Å². The first-order valence-corrected chi connectivity index (χ1v) is 10.7. The average molecular weight is 398 g/mol. The highest BCUT2D eigenvalue weighted by Gasteiger charge is 2.17. The van der Waals surface area contributed by atoms with Crippen LogP contribution in [0.15, 0.2) is 83.3 Å². The van der Waals surface area contributed by atoms with E-state index in [4.69, 9.17) is 16.6 Å². The maximum Gasteiger partial charge on any atom is 0.197 e. The van der Waals surface area contributed by atoms with E-state index in [0.717, 1.165) is 51.1 Å². The van der Waals surface area contributed by atoms with Gasteiger partial charge in [0, 0.05) is 30.1 Å². The minimum Gasteiger partial charge on any atom is -0.440 e. The highest BCUT2D eigenvalue weighted by atomic mass is 32.1. The van der Waals surface area contributed by atoms with Crippen LogP contribution in [-0.4, -0.2) is 13.1 Å². The van der Waals surface area contributed by atoms with Crippen molar-refractivity contribution in [1.82, 2.24) is 0 Å². The molecule has 1 saturated heterocycles. The van der Waals surface area contributed by atoms with Crippen LogP contribution in [0.1, 0.15) is 19.3 Å². The molecule has 3 heteroatoms. The van der Waals surface area contributed by atoms with E-state index in [-0.39, 0.29) is 0 Å². The maximum absolute atomic E-state index is 6.52. The second-order valence-electron chi connectivity index (χ2n) is 7.63. The van der Waals surface area contributed by atoms with Crippen molar-refractivity contribution in [1.29, 1.82) is 0 Å². The molecule has 2 nitrogen and oxygen atoms in total. The lowest BCUT2D eigenvalue weighted by Crippen LogP contribution is -2.29. The molecule has 144 valence electrons. The van der Waals surface area contributed by atoms with Crippen LogP contribution in [0.2, 0.25) is 0 Å². The molecule has 0 bridgehead atoms. The predicted molar refractivity (Wildman–Crippen MR) is 124 cm³/mol. The Balaban J connectivity index is 1.76. The number of fused-ring (bicyclic) bond motifs is 1. The minimum atomic E-state index is 0.849. The highest BCUT2D eigenvalue weighted by molar-refractivity contribution is 7.71. The molecule has 0 atom stereocenters. The van der Waals surface area contributed by atoms with Crippen LogP contribution >= 0.6 is 12.2 Å². The van der Waals surface area contributed by atoms with E-state index < -0.39 is 0 Å². The molecule has 5 rings (SSSR count). The first-order chi connectivity index (χ1) is 14.3. The zero-order valence-corrected chi connectivity index (χ0v) is 17.1. The lowest BCUT2D eigenvalue weighted by molar-refractivity contribution is 0.513. The molecule has 0 N–H and O–H groups in total. The van der Waals surface area contributed by atoms with E-state index in [1.807, 2.05) is 18.2 Å². The van der Waals surface area contributed by atoms with E-state index in [9.17, 15) is 0 Å². The zero-order chi connectivity index (χ0) is 19.6. The Morgan fingerprint density at radius 3 is 2.03 bits per heavy atom. The van der Waals surface area contributed by atoms with Gasteiger partial charge in [-0.2, -0.15) is 0 Å². The number of hydrogen-bond donors (Lipinski definition) is 0. The topological polar surface area (TPSA) is 16.4 Å². The third-order valence-corrected chi connectivity index (χ3v) is 6.01. The van der Waals surface area contributed by atoms with E-state index >= 15 is 0 Å². The van der Waals surface area contributed by atoms with E-state index in [1.165, 1.54) is 24.8 Å². The predicted octanol–water partition coefficient (Wildman–Crippen LogP) is 7.49. The fourth-order valence-corrected chi connectivity index (χ4v) is 4.40. The Kier molecular flexibility index (Phi) is 4.91. The van der Waals surface area contributed by atoms with Crippen molar-refractivity contribution in [3.05, 3.63) is 83.4 Å². The van der Waals surface area contributed by atoms with Gasteiger partial charge in [-0.1, -0.05) is 72.9 Å². The van der Waals surface area contributed by atoms with Crippen molar-refractivity contribution >= 4 is 29.1 Å². The van der Waals surface area contributed by atoms with Gasteiger partial charge in [0.2, 0.25) is 0 Å². The van der Waals surface area contributed by atoms with Gasteiger partial charge < -0.3 is 9.32 Å². The smallest absolute Gasteiger partial charge is 0.197 e. The van der Waals surface area contributed by atoms with Crippen LogP contribution in [-0.2, 0) is 0 Å². The van der Waals surface area contributed by atoms with Gasteiger partial charge in [-0.05, 0) is 48.1 Å². The summed E-state index contributed by atoms with van der Waals surface area (Å²) in [5.41, 5.74) is 5.45. The lowest BCUT2D eigenvalue weighted by atomic mass is 9.96. The molecule has 1 aromatic heterocycles. The van der Waals surface area contributed by atoms with Crippen molar-refractivity contribution < 1.29 is 4.42 Å².